The van der Waals surface area contributed by atoms with Crippen LogP contribution in [0.3, 0.4) is 0 Å². The van der Waals surface area contributed by atoms with Crippen molar-refractivity contribution in [2.24, 2.45) is 0 Å². The Morgan fingerprint density at radius 1 is 1.07 bits per heavy atom. The Bertz CT molecular complexity index is 189. The molecule has 0 bridgehead atoms. The quantitative estimate of drug-likeness (QED) is 0.240. The summed E-state index contributed by atoms with van der Waals surface area (Å²) in [7, 11) is -4.61. The van der Waals surface area contributed by atoms with E-state index in [1.54, 1.807) is 0 Å². The molecule has 0 aromatic rings. The number of carboxylic acid groups (broad SMARTS) is 2. The lowest BCUT2D eigenvalue weighted by atomic mass is 10.3. The molecule has 14 heavy (non-hydrogen) atoms. The van der Waals surface area contributed by atoms with Crippen LogP contribution in [0.4, 0.5) is 0 Å². The molecule has 84 valence electrons. The first-order chi connectivity index (χ1) is 6.04. The lowest BCUT2D eigenvalue weighted by Gasteiger charge is -1.97. The zero-order valence-corrected chi connectivity index (χ0v) is 7.73. The molecule has 7 N–H and O–H groups in total. The zero-order chi connectivity index (χ0) is 11.9. The highest BCUT2D eigenvalue weighted by atomic mass is 28.4. The number of carbonyl (C=O) groups is 2. The van der Waals surface area contributed by atoms with E-state index in [-0.39, 0.29) is 0 Å². The first-order valence-electron chi connectivity index (χ1n) is 3.06. The number of aliphatic hydroxyl groups excluding tert-OH is 1. The standard InChI is InChI=1S/C4H6O5.H4O4Si/c5-2(4(8)9)1-3(6)7;1-5(2,3)4/h2,5H,1H2,(H,6,7)(H,8,9);1-4H. The van der Waals surface area contributed by atoms with E-state index in [2.05, 4.69) is 0 Å². The average molecular weight is 230 g/mol. The second kappa shape index (κ2) is 6.42. The molecular weight excluding hydrogens is 220 g/mol. The first kappa shape index (κ1) is 15.4. The second-order valence-electron chi connectivity index (χ2n) is 2.05. The Kier molecular flexibility index (Phi) is 7.07. The fraction of sp³-hybridized carbons (Fsp3) is 0.500. The van der Waals surface area contributed by atoms with E-state index in [4.69, 9.17) is 34.5 Å². The fourth-order valence-corrected chi connectivity index (χ4v) is 0.253. The molecular formula is C4H10O9Si. The van der Waals surface area contributed by atoms with Gasteiger partial charge in [0.1, 0.15) is 0 Å². The van der Waals surface area contributed by atoms with Crippen molar-refractivity contribution in [2.45, 2.75) is 12.5 Å². The summed E-state index contributed by atoms with van der Waals surface area (Å²) in [6, 6.07) is 0. The van der Waals surface area contributed by atoms with Gasteiger partial charge >= 0.3 is 21.0 Å². The van der Waals surface area contributed by atoms with Crippen LogP contribution in [0.5, 0.6) is 0 Å². The Labute approximate surface area is 78.6 Å². The molecule has 0 saturated heterocycles. The SMILES string of the molecule is O=C(O)CC(O)C(=O)O.O[Si](O)(O)O. The maximum absolute atomic E-state index is 9.72. The summed E-state index contributed by atoms with van der Waals surface area (Å²) in [4.78, 5) is 48.7. The Morgan fingerprint density at radius 3 is 1.43 bits per heavy atom. The highest BCUT2D eigenvalue weighted by molar-refractivity contribution is 6.46. The van der Waals surface area contributed by atoms with Crippen molar-refractivity contribution in [2.75, 3.05) is 0 Å². The van der Waals surface area contributed by atoms with Crippen LogP contribution in [0.25, 0.3) is 0 Å². The number of aliphatic hydroxyl groups is 1. The van der Waals surface area contributed by atoms with Gasteiger partial charge in [-0.15, -0.1) is 0 Å². The van der Waals surface area contributed by atoms with E-state index >= 15 is 0 Å². The molecule has 0 aromatic carbocycles. The monoisotopic (exact) mass is 230 g/mol. The van der Waals surface area contributed by atoms with Gasteiger partial charge in [-0.1, -0.05) is 0 Å². The summed E-state index contributed by atoms with van der Waals surface area (Å²) in [6.07, 6.45) is -2.54. The van der Waals surface area contributed by atoms with Crippen LogP contribution in [0.2, 0.25) is 0 Å². The summed E-state index contributed by atoms with van der Waals surface area (Å²) in [5.74, 6) is -2.85. The van der Waals surface area contributed by atoms with E-state index in [1.165, 1.54) is 0 Å². The van der Waals surface area contributed by atoms with Gasteiger partial charge in [-0.25, -0.2) is 4.79 Å². The number of carboxylic acids is 2. The number of aliphatic carboxylic acids is 2. The molecule has 0 aromatic heterocycles. The molecule has 0 heterocycles. The molecule has 0 aliphatic heterocycles. The maximum Gasteiger partial charge on any atom is 0.668 e. The van der Waals surface area contributed by atoms with Crippen molar-refractivity contribution in [1.82, 2.24) is 0 Å². The minimum Gasteiger partial charge on any atom is -0.481 e. The minimum atomic E-state index is -4.61. The van der Waals surface area contributed by atoms with Gasteiger partial charge in [0.15, 0.2) is 6.10 Å². The fourth-order valence-electron chi connectivity index (χ4n) is 0.253. The molecule has 9 nitrogen and oxygen atoms in total. The van der Waals surface area contributed by atoms with E-state index in [1.807, 2.05) is 0 Å². The third-order valence-corrected chi connectivity index (χ3v) is 0.653. The van der Waals surface area contributed by atoms with E-state index in [9.17, 15) is 9.59 Å². The minimum absolute atomic E-state index is 0.755. The third kappa shape index (κ3) is 22.4. The van der Waals surface area contributed by atoms with Gasteiger partial charge in [0.25, 0.3) is 0 Å². The van der Waals surface area contributed by atoms with Crippen molar-refractivity contribution >= 4 is 21.0 Å². The molecule has 0 rings (SSSR count). The van der Waals surface area contributed by atoms with Crippen LogP contribution >= 0.6 is 0 Å². The lowest BCUT2D eigenvalue weighted by molar-refractivity contribution is -0.152. The van der Waals surface area contributed by atoms with Gasteiger partial charge in [0.05, 0.1) is 6.42 Å². The lowest BCUT2D eigenvalue weighted by Crippen LogP contribution is -2.33. The van der Waals surface area contributed by atoms with E-state index in [0.29, 0.717) is 0 Å². The Hall–Kier alpha value is -1.04. The normalized spacial score (nSPS) is 12.4. The van der Waals surface area contributed by atoms with Crippen LogP contribution in [0, 0.1) is 0 Å². The van der Waals surface area contributed by atoms with Gasteiger partial charge in [-0.3, -0.25) is 4.79 Å². The van der Waals surface area contributed by atoms with Crippen molar-refractivity contribution in [3.05, 3.63) is 0 Å². The van der Waals surface area contributed by atoms with Gasteiger partial charge < -0.3 is 34.5 Å². The average Bonchev–Trinajstić information content (AvgIpc) is 1.80. The highest BCUT2D eigenvalue weighted by Crippen LogP contribution is 1.89. The zero-order valence-electron chi connectivity index (χ0n) is 6.73. The largest absolute Gasteiger partial charge is 0.668 e. The predicted octanol–water partition coefficient (Wildman–Crippen LogP) is -3.70. The summed E-state index contributed by atoms with van der Waals surface area (Å²) in [5.41, 5.74) is 0. The smallest absolute Gasteiger partial charge is 0.481 e. The van der Waals surface area contributed by atoms with Crippen LogP contribution in [-0.2, 0) is 9.59 Å². The third-order valence-electron chi connectivity index (χ3n) is 0.653. The first-order valence-corrected chi connectivity index (χ1v) is 4.85. The summed E-state index contributed by atoms with van der Waals surface area (Å²) >= 11 is 0. The predicted molar refractivity (Wildman–Crippen MR) is 40.5 cm³/mol. The molecule has 0 fully saturated rings. The Morgan fingerprint density at radius 2 is 1.36 bits per heavy atom. The van der Waals surface area contributed by atoms with Crippen LogP contribution < -0.4 is 0 Å². The van der Waals surface area contributed by atoms with Gasteiger partial charge in [-0.05, 0) is 0 Å². The van der Waals surface area contributed by atoms with Gasteiger partial charge in [0.2, 0.25) is 0 Å². The van der Waals surface area contributed by atoms with E-state index < -0.39 is 33.5 Å². The van der Waals surface area contributed by atoms with Crippen LogP contribution in [-0.4, -0.2) is 61.6 Å². The summed E-state index contributed by atoms with van der Waals surface area (Å²) in [6.45, 7) is 0. The summed E-state index contributed by atoms with van der Waals surface area (Å²) in [5, 5.41) is 24.1. The van der Waals surface area contributed by atoms with Crippen LogP contribution in [0.15, 0.2) is 0 Å². The summed E-state index contributed by atoms with van der Waals surface area (Å²) < 4.78 is 0. The van der Waals surface area contributed by atoms with Crippen LogP contribution in [0.1, 0.15) is 6.42 Å². The van der Waals surface area contributed by atoms with Gasteiger partial charge in [0, 0.05) is 0 Å². The van der Waals surface area contributed by atoms with Crippen molar-refractivity contribution in [3.63, 3.8) is 0 Å². The van der Waals surface area contributed by atoms with Crippen molar-refractivity contribution in [1.29, 1.82) is 0 Å². The topological polar surface area (TPSA) is 176 Å². The number of hydrogen-bond donors (Lipinski definition) is 7. The maximum atomic E-state index is 9.72. The Balaban J connectivity index is 0. The molecule has 0 radical (unpaired) electrons. The van der Waals surface area contributed by atoms with Crippen molar-refractivity contribution < 1.29 is 44.1 Å². The highest BCUT2D eigenvalue weighted by Gasteiger charge is 2.22. The molecule has 1 atom stereocenters. The molecule has 0 aliphatic rings. The molecule has 10 heteroatoms. The molecule has 0 amide bonds. The number of rotatable bonds is 3. The second-order valence-corrected chi connectivity index (χ2v) is 3.25. The van der Waals surface area contributed by atoms with E-state index in [0.717, 1.165) is 0 Å². The molecule has 0 spiro atoms. The van der Waals surface area contributed by atoms with Crippen molar-refractivity contribution in [3.8, 4) is 0 Å². The molecule has 0 aliphatic carbocycles. The molecule has 0 saturated carbocycles. The number of hydrogen-bond acceptors (Lipinski definition) is 7. The van der Waals surface area contributed by atoms with Gasteiger partial charge in [-0.2, -0.15) is 0 Å². The molecule has 1 unspecified atom stereocenters.